The Hall–Kier alpha value is -2.50. The number of hydrogen-bond donors (Lipinski definition) is 2. The van der Waals surface area contributed by atoms with Crippen molar-refractivity contribution in [1.29, 1.82) is 0 Å². The van der Waals surface area contributed by atoms with Crippen LogP contribution in [0.3, 0.4) is 0 Å². The van der Waals surface area contributed by atoms with Crippen molar-refractivity contribution in [3.05, 3.63) is 59.2 Å². The zero-order valence-electron chi connectivity index (χ0n) is 14.2. The lowest BCUT2D eigenvalue weighted by atomic mass is 10.2. The van der Waals surface area contributed by atoms with Crippen molar-refractivity contribution in [3.8, 4) is 0 Å². The monoisotopic (exact) mass is 357 g/mol. The Morgan fingerprint density at radius 2 is 2.00 bits per heavy atom. The van der Waals surface area contributed by atoms with E-state index in [1.807, 2.05) is 49.5 Å². The first-order valence-corrected chi connectivity index (χ1v) is 8.37. The molecule has 1 heterocycles. The fraction of sp³-hybridized carbons (Fsp3) is 0.211. The highest BCUT2D eigenvalue weighted by atomic mass is 35.5. The van der Waals surface area contributed by atoms with Gasteiger partial charge in [-0.25, -0.2) is 4.79 Å². The first-order chi connectivity index (χ1) is 12.1. The summed E-state index contributed by atoms with van der Waals surface area (Å²) in [5.41, 5.74) is 3.42. The molecule has 2 aromatic carbocycles. The van der Waals surface area contributed by atoms with E-state index in [1.54, 1.807) is 13.2 Å². The highest BCUT2D eigenvalue weighted by Crippen LogP contribution is 2.26. The van der Waals surface area contributed by atoms with Crippen molar-refractivity contribution in [1.82, 2.24) is 4.57 Å². The van der Waals surface area contributed by atoms with Gasteiger partial charge in [0.05, 0.1) is 17.8 Å². The highest BCUT2D eigenvalue weighted by molar-refractivity contribution is 6.31. The summed E-state index contributed by atoms with van der Waals surface area (Å²) in [4.78, 5) is 12.3. The third-order valence-electron chi connectivity index (χ3n) is 4.00. The van der Waals surface area contributed by atoms with Crippen LogP contribution in [0.4, 0.5) is 16.2 Å². The zero-order valence-corrected chi connectivity index (χ0v) is 14.9. The van der Waals surface area contributed by atoms with Gasteiger partial charge in [-0.2, -0.15) is 0 Å². The van der Waals surface area contributed by atoms with Crippen LogP contribution in [0.1, 0.15) is 5.56 Å². The SMILES string of the molecule is COCCn1cc(NC(=O)Nc2ccc(C)c(Cl)c2)c2ccccc21. The second kappa shape index (κ2) is 7.59. The number of nitrogens with one attached hydrogen (secondary N) is 2. The first-order valence-electron chi connectivity index (χ1n) is 7.99. The molecule has 2 N–H and O–H groups in total. The minimum atomic E-state index is -0.311. The number of amides is 2. The van der Waals surface area contributed by atoms with Crippen LogP contribution in [0.15, 0.2) is 48.7 Å². The maximum absolute atomic E-state index is 12.3. The normalized spacial score (nSPS) is 10.8. The molecule has 1 aromatic heterocycles. The van der Waals surface area contributed by atoms with Gasteiger partial charge < -0.3 is 19.9 Å². The third kappa shape index (κ3) is 3.95. The Balaban J connectivity index is 1.79. The lowest BCUT2D eigenvalue weighted by molar-refractivity contribution is 0.188. The minimum Gasteiger partial charge on any atom is -0.383 e. The van der Waals surface area contributed by atoms with Crippen LogP contribution < -0.4 is 10.6 Å². The molecule has 0 aliphatic heterocycles. The summed E-state index contributed by atoms with van der Waals surface area (Å²) >= 11 is 6.10. The van der Waals surface area contributed by atoms with E-state index in [4.69, 9.17) is 16.3 Å². The quantitative estimate of drug-likeness (QED) is 0.682. The highest BCUT2D eigenvalue weighted by Gasteiger charge is 2.11. The molecule has 0 atom stereocenters. The number of ether oxygens (including phenoxy) is 1. The molecule has 0 unspecified atom stereocenters. The molecule has 0 aliphatic carbocycles. The second-order valence-electron chi connectivity index (χ2n) is 5.79. The molecule has 5 nitrogen and oxygen atoms in total. The van der Waals surface area contributed by atoms with Crippen molar-refractivity contribution in [2.45, 2.75) is 13.5 Å². The van der Waals surface area contributed by atoms with Gasteiger partial charge in [-0.1, -0.05) is 35.9 Å². The topological polar surface area (TPSA) is 55.3 Å². The summed E-state index contributed by atoms with van der Waals surface area (Å²) in [5.74, 6) is 0. The zero-order chi connectivity index (χ0) is 17.8. The van der Waals surface area contributed by atoms with Gasteiger partial charge in [0.25, 0.3) is 0 Å². The lowest BCUT2D eigenvalue weighted by Gasteiger charge is -2.08. The largest absolute Gasteiger partial charge is 0.383 e. The summed E-state index contributed by atoms with van der Waals surface area (Å²) in [6, 6.07) is 13.0. The van der Waals surface area contributed by atoms with Gasteiger partial charge in [-0.3, -0.25) is 0 Å². The predicted molar refractivity (Wildman–Crippen MR) is 103 cm³/mol. The number of rotatable bonds is 5. The molecule has 0 saturated heterocycles. The maximum Gasteiger partial charge on any atom is 0.323 e. The first kappa shape index (κ1) is 17.3. The number of hydrogen-bond acceptors (Lipinski definition) is 2. The number of carbonyl (C=O) groups is 1. The van der Waals surface area contributed by atoms with Crippen LogP contribution in [0.2, 0.25) is 5.02 Å². The molecule has 0 radical (unpaired) electrons. The standard InChI is InChI=1S/C19H20ClN3O2/c1-13-7-8-14(11-16(13)20)21-19(24)22-17-12-23(9-10-25-2)18-6-4-3-5-15(17)18/h3-8,11-12H,9-10H2,1-2H3,(H2,21,22,24). The molecule has 0 fully saturated rings. The maximum atomic E-state index is 12.3. The fourth-order valence-corrected chi connectivity index (χ4v) is 2.86. The summed E-state index contributed by atoms with van der Waals surface area (Å²) < 4.78 is 7.22. The van der Waals surface area contributed by atoms with Crippen LogP contribution in [0, 0.1) is 6.92 Å². The van der Waals surface area contributed by atoms with Crippen molar-refractivity contribution in [3.63, 3.8) is 0 Å². The van der Waals surface area contributed by atoms with Crippen LogP contribution in [-0.4, -0.2) is 24.3 Å². The van der Waals surface area contributed by atoms with Crippen LogP contribution in [0.25, 0.3) is 10.9 Å². The molecule has 130 valence electrons. The van der Waals surface area contributed by atoms with Gasteiger partial charge in [0.1, 0.15) is 0 Å². The number of para-hydroxylation sites is 1. The van der Waals surface area contributed by atoms with E-state index >= 15 is 0 Å². The second-order valence-corrected chi connectivity index (χ2v) is 6.20. The number of urea groups is 1. The summed E-state index contributed by atoms with van der Waals surface area (Å²) in [5, 5.41) is 7.32. The number of methoxy groups -OCH3 is 1. The Bertz CT molecular complexity index is 905. The van der Waals surface area contributed by atoms with E-state index < -0.39 is 0 Å². The van der Waals surface area contributed by atoms with E-state index in [2.05, 4.69) is 15.2 Å². The number of carbonyl (C=O) groups excluding carboxylic acids is 1. The number of halogens is 1. The molecule has 0 spiro atoms. The van der Waals surface area contributed by atoms with E-state index in [1.165, 1.54) is 0 Å². The van der Waals surface area contributed by atoms with E-state index in [-0.39, 0.29) is 6.03 Å². The summed E-state index contributed by atoms with van der Waals surface area (Å²) in [6.07, 6.45) is 1.92. The van der Waals surface area contributed by atoms with E-state index in [9.17, 15) is 4.79 Å². The van der Waals surface area contributed by atoms with Gasteiger partial charge in [-0.05, 0) is 30.7 Å². The van der Waals surface area contributed by atoms with Crippen molar-refractivity contribution in [2.24, 2.45) is 0 Å². The van der Waals surface area contributed by atoms with E-state index in [0.717, 1.165) is 22.2 Å². The number of aromatic nitrogens is 1. The van der Waals surface area contributed by atoms with Crippen molar-refractivity contribution >= 4 is 39.9 Å². The average molecular weight is 358 g/mol. The van der Waals surface area contributed by atoms with Crippen molar-refractivity contribution in [2.75, 3.05) is 24.4 Å². The smallest absolute Gasteiger partial charge is 0.323 e. The molecule has 25 heavy (non-hydrogen) atoms. The molecular formula is C19H20ClN3O2. The van der Waals surface area contributed by atoms with Gasteiger partial charge in [0.2, 0.25) is 0 Å². The number of aryl methyl sites for hydroxylation is 1. The van der Waals surface area contributed by atoms with Crippen LogP contribution in [-0.2, 0) is 11.3 Å². The molecule has 2 amide bonds. The average Bonchev–Trinajstić information content (AvgIpc) is 2.94. The molecule has 6 heteroatoms. The van der Waals surface area contributed by atoms with Gasteiger partial charge in [0, 0.05) is 35.9 Å². The molecule has 3 rings (SSSR count). The number of fused-ring (bicyclic) bond motifs is 1. The van der Waals surface area contributed by atoms with Gasteiger partial charge in [-0.15, -0.1) is 0 Å². The molecule has 0 aliphatic rings. The predicted octanol–water partition coefficient (Wildman–Crippen LogP) is 4.89. The van der Waals surface area contributed by atoms with Gasteiger partial charge in [0.15, 0.2) is 0 Å². The van der Waals surface area contributed by atoms with Crippen LogP contribution >= 0.6 is 11.6 Å². The Labute approximate surface area is 151 Å². The number of benzene rings is 2. The Morgan fingerprint density at radius 3 is 2.76 bits per heavy atom. The number of anilines is 2. The lowest BCUT2D eigenvalue weighted by Crippen LogP contribution is -2.19. The molecular weight excluding hydrogens is 338 g/mol. The third-order valence-corrected chi connectivity index (χ3v) is 4.41. The Kier molecular flexibility index (Phi) is 5.26. The molecule has 0 saturated carbocycles. The Morgan fingerprint density at radius 1 is 1.20 bits per heavy atom. The minimum absolute atomic E-state index is 0.311. The molecule has 0 bridgehead atoms. The summed E-state index contributed by atoms with van der Waals surface area (Å²) in [6.45, 7) is 3.24. The molecule has 3 aromatic rings. The van der Waals surface area contributed by atoms with Crippen molar-refractivity contribution < 1.29 is 9.53 Å². The summed E-state index contributed by atoms with van der Waals surface area (Å²) in [7, 11) is 1.67. The number of nitrogens with zero attached hydrogens (tertiary/aromatic N) is 1. The van der Waals surface area contributed by atoms with Crippen LogP contribution in [0.5, 0.6) is 0 Å². The fourth-order valence-electron chi connectivity index (χ4n) is 2.68. The van der Waals surface area contributed by atoms with E-state index in [0.29, 0.717) is 23.9 Å². The van der Waals surface area contributed by atoms with Gasteiger partial charge >= 0.3 is 6.03 Å².